The first kappa shape index (κ1) is 19.7. The van der Waals surface area contributed by atoms with Gasteiger partial charge in [-0.05, 0) is 30.3 Å². The number of rotatable bonds is 5. The molecule has 0 atom stereocenters. The number of carbonyl (C=O) groups is 2. The summed E-state index contributed by atoms with van der Waals surface area (Å²) in [6.07, 6.45) is 0. The fourth-order valence-electron chi connectivity index (χ4n) is 2.67. The smallest absolute Gasteiger partial charge is 0.349 e. The molecule has 1 aromatic heterocycles. The van der Waals surface area contributed by atoms with Gasteiger partial charge in [0.1, 0.15) is 5.56 Å². The van der Waals surface area contributed by atoms with Crippen molar-refractivity contribution in [2.75, 3.05) is 21.3 Å². The Bertz CT molecular complexity index is 1140. The SMILES string of the molecule is COc1ccc(C(=O)NNC(=O)c2cc3cccc(OC)c3oc2=O)cc1OC. The average molecular weight is 398 g/mol. The number of para-hydroxylation sites is 1. The summed E-state index contributed by atoms with van der Waals surface area (Å²) < 4.78 is 20.6. The number of methoxy groups -OCH3 is 3. The monoisotopic (exact) mass is 398 g/mol. The van der Waals surface area contributed by atoms with Gasteiger partial charge in [0.15, 0.2) is 22.8 Å². The van der Waals surface area contributed by atoms with Gasteiger partial charge in [-0.3, -0.25) is 20.4 Å². The van der Waals surface area contributed by atoms with E-state index in [-0.39, 0.29) is 16.7 Å². The van der Waals surface area contributed by atoms with Crippen molar-refractivity contribution in [3.8, 4) is 17.2 Å². The van der Waals surface area contributed by atoms with E-state index in [9.17, 15) is 14.4 Å². The van der Waals surface area contributed by atoms with E-state index in [2.05, 4.69) is 10.9 Å². The summed E-state index contributed by atoms with van der Waals surface area (Å²) in [5.74, 6) is -0.246. The number of fused-ring (bicyclic) bond motifs is 1. The van der Waals surface area contributed by atoms with Crippen molar-refractivity contribution in [3.05, 3.63) is 64.0 Å². The second-order valence-corrected chi connectivity index (χ2v) is 5.80. The van der Waals surface area contributed by atoms with Gasteiger partial charge in [-0.25, -0.2) is 4.79 Å². The molecule has 0 saturated heterocycles. The highest BCUT2D eigenvalue weighted by atomic mass is 16.5. The molecule has 0 aliphatic rings. The van der Waals surface area contributed by atoms with Crippen LogP contribution < -0.4 is 30.7 Å². The number of carbonyl (C=O) groups excluding carboxylic acids is 2. The minimum Gasteiger partial charge on any atom is -0.493 e. The zero-order valence-corrected chi connectivity index (χ0v) is 15.9. The summed E-state index contributed by atoms with van der Waals surface area (Å²) in [6, 6.07) is 10.9. The van der Waals surface area contributed by atoms with E-state index in [0.717, 1.165) is 0 Å². The van der Waals surface area contributed by atoms with Gasteiger partial charge in [-0.2, -0.15) is 0 Å². The van der Waals surface area contributed by atoms with Crippen LogP contribution in [0, 0.1) is 0 Å². The predicted octanol–water partition coefficient (Wildman–Crippen LogP) is 1.89. The molecule has 0 fully saturated rings. The maximum absolute atomic E-state index is 12.4. The fourth-order valence-corrected chi connectivity index (χ4v) is 2.67. The van der Waals surface area contributed by atoms with Crippen molar-refractivity contribution in [2.45, 2.75) is 0 Å². The standard InChI is InChI=1S/C20H18N2O7/c1-26-14-8-7-12(10-16(14)28-3)18(23)21-22-19(24)13-9-11-5-4-6-15(27-2)17(11)29-20(13)25/h4-10H,1-3H3,(H,21,23)(H,22,24). The Morgan fingerprint density at radius 3 is 2.21 bits per heavy atom. The first-order valence-electron chi connectivity index (χ1n) is 8.42. The largest absolute Gasteiger partial charge is 0.493 e. The number of ether oxygens (including phenoxy) is 3. The van der Waals surface area contributed by atoms with Gasteiger partial charge >= 0.3 is 5.63 Å². The minimum atomic E-state index is -0.861. The van der Waals surface area contributed by atoms with Gasteiger partial charge < -0.3 is 18.6 Å². The molecule has 9 heteroatoms. The number of hydrogen-bond acceptors (Lipinski definition) is 7. The van der Waals surface area contributed by atoms with Crippen molar-refractivity contribution in [3.63, 3.8) is 0 Å². The lowest BCUT2D eigenvalue weighted by atomic mass is 10.1. The maximum atomic E-state index is 12.4. The van der Waals surface area contributed by atoms with Crippen LogP contribution >= 0.6 is 0 Å². The van der Waals surface area contributed by atoms with Crippen molar-refractivity contribution < 1.29 is 28.2 Å². The summed E-state index contributed by atoms with van der Waals surface area (Å²) in [4.78, 5) is 36.8. The number of hydrogen-bond donors (Lipinski definition) is 2. The van der Waals surface area contributed by atoms with Crippen molar-refractivity contribution >= 4 is 22.8 Å². The van der Waals surface area contributed by atoms with E-state index in [4.69, 9.17) is 18.6 Å². The van der Waals surface area contributed by atoms with Crippen LogP contribution in [0.25, 0.3) is 11.0 Å². The van der Waals surface area contributed by atoms with Crippen LogP contribution in [0.3, 0.4) is 0 Å². The Balaban J connectivity index is 1.78. The molecule has 2 N–H and O–H groups in total. The van der Waals surface area contributed by atoms with Crippen molar-refractivity contribution in [2.24, 2.45) is 0 Å². The molecule has 0 bridgehead atoms. The van der Waals surface area contributed by atoms with Crippen LogP contribution in [-0.2, 0) is 0 Å². The summed E-state index contributed by atoms with van der Waals surface area (Å²) in [6.45, 7) is 0. The zero-order valence-electron chi connectivity index (χ0n) is 15.9. The quantitative estimate of drug-likeness (QED) is 0.498. The zero-order chi connectivity index (χ0) is 21.0. The second-order valence-electron chi connectivity index (χ2n) is 5.80. The number of amides is 2. The molecular weight excluding hydrogens is 380 g/mol. The summed E-state index contributed by atoms with van der Waals surface area (Å²) >= 11 is 0. The van der Waals surface area contributed by atoms with Crippen molar-refractivity contribution in [1.82, 2.24) is 10.9 Å². The van der Waals surface area contributed by atoms with Gasteiger partial charge in [0.25, 0.3) is 11.8 Å². The number of hydrazine groups is 1. The molecule has 0 radical (unpaired) electrons. The summed E-state index contributed by atoms with van der Waals surface area (Å²) in [5, 5.41) is 0.500. The third-order valence-corrected chi connectivity index (χ3v) is 4.12. The lowest BCUT2D eigenvalue weighted by molar-refractivity contribution is 0.0844. The third kappa shape index (κ3) is 3.98. The van der Waals surface area contributed by atoms with Crippen molar-refractivity contribution in [1.29, 1.82) is 0 Å². The molecule has 0 aliphatic carbocycles. The summed E-state index contributed by atoms with van der Waals surface area (Å²) in [5.41, 5.74) is 3.76. The fraction of sp³-hybridized carbons (Fsp3) is 0.150. The first-order valence-corrected chi connectivity index (χ1v) is 8.42. The molecule has 29 heavy (non-hydrogen) atoms. The lowest BCUT2D eigenvalue weighted by Crippen LogP contribution is -2.43. The van der Waals surface area contributed by atoms with E-state index < -0.39 is 17.4 Å². The topological polar surface area (TPSA) is 116 Å². The van der Waals surface area contributed by atoms with Crippen LogP contribution in [0.2, 0.25) is 0 Å². The van der Waals surface area contributed by atoms with Crippen LogP contribution in [0.4, 0.5) is 0 Å². The maximum Gasteiger partial charge on any atom is 0.349 e. The summed E-state index contributed by atoms with van der Waals surface area (Å²) in [7, 11) is 4.36. The molecule has 2 aromatic carbocycles. The van der Waals surface area contributed by atoms with E-state index in [0.29, 0.717) is 22.6 Å². The Morgan fingerprint density at radius 2 is 1.52 bits per heavy atom. The van der Waals surface area contributed by atoms with Crippen LogP contribution in [-0.4, -0.2) is 33.1 Å². The van der Waals surface area contributed by atoms with Gasteiger partial charge in [0.2, 0.25) is 0 Å². The van der Waals surface area contributed by atoms with E-state index >= 15 is 0 Å². The molecule has 3 rings (SSSR count). The van der Waals surface area contributed by atoms with E-state index in [1.807, 2.05) is 0 Å². The van der Waals surface area contributed by atoms with Gasteiger partial charge in [-0.15, -0.1) is 0 Å². The first-order chi connectivity index (χ1) is 14.0. The van der Waals surface area contributed by atoms with E-state index in [1.54, 1.807) is 24.3 Å². The second kappa shape index (κ2) is 8.34. The van der Waals surface area contributed by atoms with Crippen LogP contribution in [0.1, 0.15) is 20.7 Å². The molecule has 150 valence electrons. The highest BCUT2D eigenvalue weighted by Crippen LogP contribution is 2.27. The number of nitrogens with one attached hydrogen (secondary N) is 2. The van der Waals surface area contributed by atoms with Gasteiger partial charge in [-0.1, -0.05) is 12.1 Å². The lowest BCUT2D eigenvalue weighted by Gasteiger charge is -2.11. The number of benzene rings is 2. The molecule has 0 saturated carbocycles. The molecular formula is C20H18N2O7. The normalized spacial score (nSPS) is 10.3. The Labute approximate surface area is 165 Å². The molecule has 2 amide bonds. The van der Waals surface area contributed by atoms with E-state index in [1.165, 1.54) is 39.5 Å². The van der Waals surface area contributed by atoms with Crippen LogP contribution in [0.15, 0.2) is 51.7 Å². The molecule has 0 spiro atoms. The van der Waals surface area contributed by atoms with Gasteiger partial charge in [0, 0.05) is 10.9 Å². The third-order valence-electron chi connectivity index (χ3n) is 4.12. The van der Waals surface area contributed by atoms with Gasteiger partial charge in [0.05, 0.1) is 21.3 Å². The molecule has 9 nitrogen and oxygen atoms in total. The highest BCUT2D eigenvalue weighted by Gasteiger charge is 2.17. The molecule has 0 unspecified atom stereocenters. The minimum absolute atomic E-state index is 0.221. The Morgan fingerprint density at radius 1 is 0.828 bits per heavy atom. The highest BCUT2D eigenvalue weighted by molar-refractivity contribution is 6.00. The van der Waals surface area contributed by atoms with Crippen LogP contribution in [0.5, 0.6) is 17.2 Å². The molecule has 1 heterocycles. The Kier molecular flexibility index (Phi) is 5.68. The Hall–Kier alpha value is -4.01. The molecule has 0 aliphatic heterocycles. The average Bonchev–Trinajstić information content (AvgIpc) is 2.75. The molecule has 3 aromatic rings. The predicted molar refractivity (Wildman–Crippen MR) is 104 cm³/mol.